The molecule has 0 bridgehead atoms. The van der Waals surface area contributed by atoms with Gasteiger partial charge in [0.05, 0.1) is 16.8 Å². The number of para-hydroxylation sites is 1. The zero-order valence-corrected chi connectivity index (χ0v) is 17.7. The zero-order chi connectivity index (χ0) is 20.6. The van der Waals surface area contributed by atoms with Crippen molar-refractivity contribution in [2.24, 2.45) is 0 Å². The third kappa shape index (κ3) is 3.89. The Morgan fingerprint density at radius 1 is 1.41 bits per heavy atom. The van der Waals surface area contributed by atoms with Crippen LogP contribution in [-0.2, 0) is 16.4 Å². The number of nitrogens with one attached hydrogen (secondary N) is 1. The second-order valence-corrected chi connectivity index (χ2v) is 10.7. The predicted octanol–water partition coefficient (Wildman–Crippen LogP) is 3.21. The predicted molar refractivity (Wildman–Crippen MR) is 114 cm³/mol. The van der Waals surface area contributed by atoms with Crippen molar-refractivity contribution in [1.29, 1.82) is 0 Å². The van der Waals surface area contributed by atoms with Crippen LogP contribution in [0, 0.1) is 0 Å². The number of Topliss-reactive ketones (excluding diaryl/α,β-unsaturated/α-hetero) is 1. The molecule has 0 amide bonds. The van der Waals surface area contributed by atoms with E-state index in [2.05, 4.69) is 21.8 Å². The van der Waals surface area contributed by atoms with Gasteiger partial charge in [0.2, 0.25) is 0 Å². The third-order valence-corrected chi connectivity index (χ3v) is 8.01. The van der Waals surface area contributed by atoms with Gasteiger partial charge in [0.15, 0.2) is 20.8 Å². The highest BCUT2D eigenvalue weighted by atomic mass is 32.2. The number of H-pyrrole nitrogens is 1. The van der Waals surface area contributed by atoms with E-state index in [-0.39, 0.29) is 28.5 Å². The van der Waals surface area contributed by atoms with Gasteiger partial charge in [-0.05, 0) is 19.4 Å². The van der Waals surface area contributed by atoms with Crippen LogP contribution in [0.4, 0.5) is 0 Å². The monoisotopic (exact) mass is 430 g/mol. The van der Waals surface area contributed by atoms with Gasteiger partial charge in [-0.3, -0.25) is 4.79 Å². The first-order chi connectivity index (χ1) is 13.9. The summed E-state index contributed by atoms with van der Waals surface area (Å²) in [4.78, 5) is 16.2. The first-order valence-electron chi connectivity index (χ1n) is 9.41. The average Bonchev–Trinajstić information content (AvgIpc) is 3.39. The number of fused-ring (bicyclic) bond motifs is 1. The van der Waals surface area contributed by atoms with Crippen LogP contribution in [0.5, 0.6) is 0 Å². The summed E-state index contributed by atoms with van der Waals surface area (Å²) in [6.45, 7) is 6.10. The maximum absolute atomic E-state index is 13.0. The number of aromatic amines is 1. The number of allylic oxidation sites excluding steroid dienone is 1. The molecule has 0 aliphatic carbocycles. The lowest BCUT2D eigenvalue weighted by molar-refractivity contribution is 0.0995. The van der Waals surface area contributed by atoms with Gasteiger partial charge >= 0.3 is 0 Å². The number of thioether (sulfide) groups is 1. The van der Waals surface area contributed by atoms with E-state index >= 15 is 0 Å². The zero-order valence-electron chi connectivity index (χ0n) is 16.0. The normalized spacial score (nSPS) is 19.4. The van der Waals surface area contributed by atoms with Crippen molar-refractivity contribution in [1.82, 2.24) is 19.7 Å². The number of nitrogens with zero attached hydrogens (tertiary/aromatic N) is 3. The number of aromatic nitrogens is 4. The second kappa shape index (κ2) is 7.79. The summed E-state index contributed by atoms with van der Waals surface area (Å²) in [6, 6.07) is 7.70. The van der Waals surface area contributed by atoms with Crippen LogP contribution in [0.15, 0.2) is 48.3 Å². The Bertz CT molecular complexity index is 1180. The van der Waals surface area contributed by atoms with Crippen LogP contribution in [0.3, 0.4) is 0 Å². The minimum Gasteiger partial charge on any atom is -0.360 e. The van der Waals surface area contributed by atoms with Gasteiger partial charge in [-0.25, -0.2) is 8.42 Å². The van der Waals surface area contributed by atoms with Crippen molar-refractivity contribution in [3.63, 3.8) is 0 Å². The van der Waals surface area contributed by atoms with Crippen molar-refractivity contribution in [3.05, 3.63) is 54.5 Å². The largest absolute Gasteiger partial charge is 0.360 e. The summed E-state index contributed by atoms with van der Waals surface area (Å²) >= 11 is 1.33. The fourth-order valence-electron chi connectivity index (χ4n) is 3.69. The minimum atomic E-state index is -3.02. The van der Waals surface area contributed by atoms with Gasteiger partial charge in [-0.15, -0.1) is 16.8 Å². The Kier molecular flexibility index (Phi) is 5.35. The van der Waals surface area contributed by atoms with E-state index in [4.69, 9.17) is 0 Å². The van der Waals surface area contributed by atoms with E-state index in [1.54, 1.807) is 12.3 Å². The Morgan fingerprint density at radius 2 is 2.21 bits per heavy atom. The minimum absolute atomic E-state index is 0.00518. The molecule has 7 nitrogen and oxygen atoms in total. The fraction of sp³-hybridized carbons (Fsp3) is 0.350. The highest BCUT2D eigenvalue weighted by molar-refractivity contribution is 8.00. The number of benzene rings is 1. The van der Waals surface area contributed by atoms with Crippen molar-refractivity contribution < 1.29 is 13.2 Å². The summed E-state index contributed by atoms with van der Waals surface area (Å²) in [7, 11) is -3.02. The lowest BCUT2D eigenvalue weighted by Gasteiger charge is -2.13. The Labute approximate surface area is 173 Å². The number of sulfone groups is 1. The molecule has 4 rings (SSSR count). The molecule has 9 heteroatoms. The molecule has 0 spiro atoms. The Hall–Kier alpha value is -2.39. The number of rotatable bonds is 7. The highest BCUT2D eigenvalue weighted by Crippen LogP contribution is 2.32. The average molecular weight is 431 g/mol. The molecular formula is C20H22N4O3S2. The van der Waals surface area contributed by atoms with Crippen LogP contribution >= 0.6 is 11.8 Å². The number of carbonyl (C=O) groups is 1. The summed E-state index contributed by atoms with van der Waals surface area (Å²) in [6.07, 6.45) is 4.02. The van der Waals surface area contributed by atoms with Crippen molar-refractivity contribution >= 4 is 38.3 Å². The lowest BCUT2D eigenvalue weighted by atomic mass is 10.1. The molecule has 29 heavy (non-hydrogen) atoms. The van der Waals surface area contributed by atoms with E-state index in [0.717, 1.165) is 10.9 Å². The maximum Gasteiger partial charge on any atom is 0.192 e. The standard InChI is InChI=1S/C20H22N4O3S2/c1-3-9-24-19(14-8-10-29(26,27)12-14)22-23-20(24)28-13(2)18(25)16-11-21-17-7-5-4-6-15(16)17/h3-7,11,13-14,21H,1,8-10,12H2,2H3/t13-,14-/m1/s1. The number of carbonyl (C=O) groups excluding carboxylic acids is 1. The Morgan fingerprint density at radius 3 is 2.93 bits per heavy atom. The van der Waals surface area contributed by atoms with E-state index in [9.17, 15) is 13.2 Å². The molecule has 1 aliphatic heterocycles. The molecule has 0 saturated carbocycles. The molecule has 2 atom stereocenters. The molecule has 1 aromatic carbocycles. The topological polar surface area (TPSA) is 97.7 Å². The molecule has 0 radical (unpaired) electrons. The lowest BCUT2D eigenvalue weighted by Crippen LogP contribution is -2.15. The highest BCUT2D eigenvalue weighted by Gasteiger charge is 2.33. The molecule has 1 aliphatic rings. The SMILES string of the molecule is C=CCn1c(S[C@H](C)C(=O)c2c[nH]c3ccccc23)nnc1[C@@H]1CCS(=O)(=O)C1. The summed E-state index contributed by atoms with van der Waals surface area (Å²) in [5.74, 6) is 0.764. The molecular weight excluding hydrogens is 408 g/mol. The summed E-state index contributed by atoms with van der Waals surface area (Å²) in [5, 5.41) is 9.66. The second-order valence-electron chi connectivity index (χ2n) is 7.21. The number of hydrogen-bond donors (Lipinski definition) is 1. The quantitative estimate of drug-likeness (QED) is 0.351. The van der Waals surface area contributed by atoms with Gasteiger partial charge < -0.3 is 9.55 Å². The maximum atomic E-state index is 13.0. The van der Waals surface area contributed by atoms with Gasteiger partial charge in [-0.1, -0.05) is 36.0 Å². The van der Waals surface area contributed by atoms with Gasteiger partial charge in [-0.2, -0.15) is 0 Å². The molecule has 152 valence electrons. The summed E-state index contributed by atoms with van der Waals surface area (Å²) in [5.41, 5.74) is 1.57. The van der Waals surface area contributed by atoms with E-state index in [1.807, 2.05) is 35.8 Å². The van der Waals surface area contributed by atoms with Crippen molar-refractivity contribution in [3.8, 4) is 0 Å². The fourth-order valence-corrected chi connectivity index (χ4v) is 6.37. The van der Waals surface area contributed by atoms with Gasteiger partial charge in [0.1, 0.15) is 5.82 Å². The van der Waals surface area contributed by atoms with E-state index in [1.165, 1.54) is 11.8 Å². The molecule has 1 N–H and O–H groups in total. The molecule has 1 fully saturated rings. The molecule has 0 unspecified atom stereocenters. The van der Waals surface area contributed by atoms with Crippen LogP contribution in [0.1, 0.15) is 35.4 Å². The molecule has 3 heterocycles. The van der Waals surface area contributed by atoms with E-state index in [0.29, 0.717) is 29.5 Å². The first kappa shape index (κ1) is 19.9. The van der Waals surface area contributed by atoms with Gasteiger partial charge in [0, 0.05) is 35.1 Å². The van der Waals surface area contributed by atoms with Crippen LogP contribution < -0.4 is 0 Å². The molecule has 1 saturated heterocycles. The number of ketones is 1. The van der Waals surface area contributed by atoms with Crippen LogP contribution in [0.2, 0.25) is 0 Å². The van der Waals surface area contributed by atoms with Crippen molar-refractivity contribution in [2.45, 2.75) is 36.2 Å². The smallest absolute Gasteiger partial charge is 0.192 e. The molecule has 2 aromatic heterocycles. The van der Waals surface area contributed by atoms with Gasteiger partial charge in [0.25, 0.3) is 0 Å². The third-order valence-electron chi connectivity index (χ3n) is 5.16. The van der Waals surface area contributed by atoms with Crippen LogP contribution in [-0.4, -0.2) is 50.7 Å². The summed E-state index contributed by atoms with van der Waals surface area (Å²) < 4.78 is 25.6. The van der Waals surface area contributed by atoms with Crippen molar-refractivity contribution in [2.75, 3.05) is 11.5 Å². The number of hydrogen-bond acceptors (Lipinski definition) is 6. The van der Waals surface area contributed by atoms with E-state index < -0.39 is 9.84 Å². The Balaban J connectivity index is 1.58. The molecule has 3 aromatic rings. The van der Waals surface area contributed by atoms with Crippen LogP contribution in [0.25, 0.3) is 10.9 Å². The first-order valence-corrected chi connectivity index (χ1v) is 12.1.